The van der Waals surface area contributed by atoms with Crippen molar-refractivity contribution in [3.05, 3.63) is 89.2 Å². The summed E-state index contributed by atoms with van der Waals surface area (Å²) in [6.07, 6.45) is 0.0860. The van der Waals surface area contributed by atoms with Crippen LogP contribution in [0.1, 0.15) is 47.2 Å². The van der Waals surface area contributed by atoms with Crippen LogP contribution in [0.25, 0.3) is 11.1 Å². The molecule has 3 aromatic rings. The third-order valence-corrected chi connectivity index (χ3v) is 6.00. The molecule has 0 bridgehead atoms. The normalized spacial score (nSPS) is 12.9. The van der Waals surface area contributed by atoms with Gasteiger partial charge in [-0.05, 0) is 46.9 Å². The van der Waals surface area contributed by atoms with Gasteiger partial charge in [0.2, 0.25) is 5.91 Å². The molecule has 0 aliphatic heterocycles. The molecule has 3 aromatic carbocycles. The summed E-state index contributed by atoms with van der Waals surface area (Å²) in [6.45, 7) is 1.93. The number of nitrogens with one attached hydrogen (secondary N) is 2. The first-order valence-corrected chi connectivity index (χ1v) is 11.3. The number of anilines is 1. The van der Waals surface area contributed by atoms with E-state index >= 15 is 0 Å². The topological polar surface area (TPSA) is 105 Å². The van der Waals surface area contributed by atoms with Crippen molar-refractivity contribution < 1.29 is 28.6 Å². The highest BCUT2D eigenvalue weighted by Crippen LogP contribution is 2.44. The highest BCUT2D eigenvalue weighted by molar-refractivity contribution is 6.02. The molecule has 1 aliphatic rings. The second-order valence-electron chi connectivity index (χ2n) is 8.30. The largest absolute Gasteiger partial charge is 0.478 e. The van der Waals surface area contributed by atoms with Crippen molar-refractivity contribution in [3.8, 4) is 11.1 Å². The van der Waals surface area contributed by atoms with Crippen LogP contribution in [0.3, 0.4) is 0 Å². The summed E-state index contributed by atoms with van der Waals surface area (Å²) >= 11 is 0. The van der Waals surface area contributed by atoms with Gasteiger partial charge in [-0.2, -0.15) is 0 Å². The van der Waals surface area contributed by atoms with Crippen LogP contribution >= 0.6 is 0 Å². The molecule has 1 aliphatic carbocycles. The maximum absolute atomic E-state index is 13.6. The number of carboxylic acid groups (broad SMARTS) is 1. The molecule has 35 heavy (non-hydrogen) atoms. The Bertz CT molecular complexity index is 1230. The quantitative estimate of drug-likeness (QED) is 0.416. The van der Waals surface area contributed by atoms with E-state index in [2.05, 4.69) is 10.6 Å². The van der Waals surface area contributed by atoms with Gasteiger partial charge in [-0.15, -0.1) is 0 Å². The van der Waals surface area contributed by atoms with E-state index in [0.29, 0.717) is 6.42 Å². The minimum Gasteiger partial charge on any atom is -0.478 e. The molecule has 0 heterocycles. The summed E-state index contributed by atoms with van der Waals surface area (Å²) in [6, 6.07) is 17.9. The zero-order valence-electron chi connectivity index (χ0n) is 19.1. The molecule has 2 amide bonds. The van der Waals surface area contributed by atoms with Crippen molar-refractivity contribution in [2.75, 3.05) is 11.9 Å². The zero-order valence-corrected chi connectivity index (χ0v) is 19.1. The Kier molecular flexibility index (Phi) is 7.10. The number of halogens is 1. The summed E-state index contributed by atoms with van der Waals surface area (Å²) in [5.74, 6) is -2.79. The second kappa shape index (κ2) is 10.4. The lowest BCUT2D eigenvalue weighted by molar-refractivity contribution is -0.118. The smallest absolute Gasteiger partial charge is 0.407 e. The molecule has 0 radical (unpaired) electrons. The van der Waals surface area contributed by atoms with Crippen molar-refractivity contribution in [1.29, 1.82) is 0 Å². The van der Waals surface area contributed by atoms with Crippen molar-refractivity contribution >= 4 is 23.7 Å². The molecule has 180 valence electrons. The third kappa shape index (κ3) is 5.16. The fourth-order valence-electron chi connectivity index (χ4n) is 4.37. The van der Waals surface area contributed by atoms with Crippen molar-refractivity contribution in [3.63, 3.8) is 0 Å². The van der Waals surface area contributed by atoms with E-state index in [1.54, 1.807) is 0 Å². The molecule has 0 fully saturated rings. The Morgan fingerprint density at radius 2 is 1.63 bits per heavy atom. The van der Waals surface area contributed by atoms with Crippen LogP contribution in [0, 0.1) is 5.82 Å². The van der Waals surface area contributed by atoms with Gasteiger partial charge in [-0.1, -0.05) is 61.9 Å². The van der Waals surface area contributed by atoms with E-state index in [1.165, 1.54) is 0 Å². The fraction of sp³-hybridized carbons (Fsp3) is 0.222. The van der Waals surface area contributed by atoms with Gasteiger partial charge < -0.3 is 20.5 Å². The Morgan fingerprint density at radius 3 is 2.23 bits per heavy atom. The Balaban J connectivity index is 1.43. The number of ether oxygens (including phenoxy) is 1. The SMILES string of the molecule is CCC[C@H](NC(=O)OCC1c2ccccc2-c2ccccc21)C(=O)Nc1cc(F)ccc1C(=O)O. The molecule has 7 nitrogen and oxygen atoms in total. The van der Waals surface area contributed by atoms with E-state index in [4.69, 9.17) is 4.74 Å². The molecule has 8 heteroatoms. The predicted molar refractivity (Wildman–Crippen MR) is 129 cm³/mol. The van der Waals surface area contributed by atoms with Crippen LogP contribution in [-0.4, -0.2) is 35.7 Å². The highest BCUT2D eigenvalue weighted by atomic mass is 19.1. The number of fused-ring (bicyclic) bond motifs is 3. The number of rotatable bonds is 8. The fourth-order valence-corrected chi connectivity index (χ4v) is 4.37. The Morgan fingerprint density at radius 1 is 1.00 bits per heavy atom. The number of hydrogen-bond acceptors (Lipinski definition) is 4. The standard InChI is InChI=1S/C27H25FN2O5/c1-2-7-23(25(31)29-24-14-16(28)12-13-21(24)26(32)33)30-27(34)35-15-22-19-10-5-3-8-17(19)18-9-4-6-11-20(18)22/h3-6,8-14,22-23H,2,7,15H2,1H3,(H,29,31)(H,30,34)(H,32,33)/t23-/m0/s1. The summed E-state index contributed by atoms with van der Waals surface area (Å²) in [5.41, 5.74) is 3.90. The Labute approximate surface area is 201 Å². The van der Waals surface area contributed by atoms with Crippen molar-refractivity contribution in [2.24, 2.45) is 0 Å². The van der Waals surface area contributed by atoms with Crippen LogP contribution < -0.4 is 10.6 Å². The predicted octanol–water partition coefficient (Wildman–Crippen LogP) is 5.17. The van der Waals surface area contributed by atoms with Crippen LogP contribution in [0.15, 0.2) is 66.7 Å². The first kappa shape index (κ1) is 23.9. The minimum atomic E-state index is -1.31. The molecular formula is C27H25FN2O5. The van der Waals surface area contributed by atoms with Gasteiger partial charge in [0, 0.05) is 5.92 Å². The van der Waals surface area contributed by atoms with Crippen molar-refractivity contribution in [1.82, 2.24) is 5.32 Å². The lowest BCUT2D eigenvalue weighted by atomic mass is 9.98. The minimum absolute atomic E-state index is 0.0907. The third-order valence-electron chi connectivity index (χ3n) is 6.00. The molecule has 0 aromatic heterocycles. The van der Waals surface area contributed by atoms with E-state index < -0.39 is 29.8 Å². The number of carbonyl (C=O) groups excluding carboxylic acids is 2. The maximum Gasteiger partial charge on any atom is 0.407 e. The number of aromatic carboxylic acids is 1. The molecule has 0 saturated heterocycles. The van der Waals surface area contributed by atoms with Gasteiger partial charge in [0.05, 0.1) is 11.3 Å². The van der Waals surface area contributed by atoms with Crippen molar-refractivity contribution in [2.45, 2.75) is 31.7 Å². The molecule has 0 saturated carbocycles. The van der Waals surface area contributed by atoms with Gasteiger partial charge >= 0.3 is 12.1 Å². The average molecular weight is 477 g/mol. The van der Waals surface area contributed by atoms with Crippen LogP contribution in [-0.2, 0) is 9.53 Å². The van der Waals surface area contributed by atoms with E-state index in [9.17, 15) is 23.9 Å². The summed E-state index contributed by atoms with van der Waals surface area (Å²) in [5, 5.41) is 14.3. The summed E-state index contributed by atoms with van der Waals surface area (Å²) in [7, 11) is 0. The first-order valence-electron chi connectivity index (χ1n) is 11.3. The Hall–Kier alpha value is -4.20. The number of hydrogen-bond donors (Lipinski definition) is 3. The lowest BCUT2D eigenvalue weighted by Crippen LogP contribution is -2.44. The summed E-state index contributed by atoms with van der Waals surface area (Å²) in [4.78, 5) is 36.9. The lowest BCUT2D eigenvalue weighted by Gasteiger charge is -2.20. The highest BCUT2D eigenvalue weighted by Gasteiger charge is 2.30. The molecule has 0 spiro atoms. The molecular weight excluding hydrogens is 451 g/mol. The van der Waals surface area contributed by atoms with E-state index in [-0.39, 0.29) is 30.2 Å². The average Bonchev–Trinajstić information content (AvgIpc) is 3.16. The second-order valence-corrected chi connectivity index (χ2v) is 8.30. The van der Waals surface area contributed by atoms with Gasteiger partial charge in [0.15, 0.2) is 0 Å². The molecule has 3 N–H and O–H groups in total. The van der Waals surface area contributed by atoms with Gasteiger partial charge in [-0.25, -0.2) is 14.0 Å². The molecule has 4 rings (SSSR count). The monoisotopic (exact) mass is 476 g/mol. The zero-order chi connectivity index (χ0) is 24.9. The summed E-state index contributed by atoms with van der Waals surface area (Å²) < 4.78 is 19.2. The number of benzene rings is 3. The van der Waals surface area contributed by atoms with Crippen LogP contribution in [0.4, 0.5) is 14.9 Å². The van der Waals surface area contributed by atoms with Gasteiger partial charge in [-0.3, -0.25) is 4.79 Å². The van der Waals surface area contributed by atoms with Gasteiger partial charge in [0.1, 0.15) is 18.5 Å². The van der Waals surface area contributed by atoms with E-state index in [0.717, 1.165) is 40.5 Å². The molecule has 0 unspecified atom stereocenters. The maximum atomic E-state index is 13.6. The number of alkyl carbamates (subject to hydrolysis) is 1. The van der Waals surface area contributed by atoms with Crippen LogP contribution in [0.5, 0.6) is 0 Å². The van der Waals surface area contributed by atoms with Crippen LogP contribution in [0.2, 0.25) is 0 Å². The number of carboxylic acids is 1. The first-order chi connectivity index (χ1) is 16.9. The van der Waals surface area contributed by atoms with Gasteiger partial charge in [0.25, 0.3) is 0 Å². The van der Waals surface area contributed by atoms with E-state index in [1.807, 2.05) is 55.5 Å². The number of amides is 2. The molecule has 1 atom stereocenters. The number of carbonyl (C=O) groups is 3.